The van der Waals surface area contributed by atoms with Crippen LogP contribution in [0.15, 0.2) is 60.8 Å². The number of nitrogens with one attached hydrogen (secondary N) is 1. The first kappa shape index (κ1) is 19.2. The molecule has 4 aromatic rings. The van der Waals surface area contributed by atoms with Gasteiger partial charge in [-0.15, -0.1) is 0 Å². The van der Waals surface area contributed by atoms with E-state index in [9.17, 15) is 4.79 Å². The summed E-state index contributed by atoms with van der Waals surface area (Å²) in [5.41, 5.74) is 3.15. The molecule has 1 aromatic heterocycles. The van der Waals surface area contributed by atoms with Crippen LogP contribution in [0, 0.1) is 11.6 Å². The molecular formula is C24H20F2N4O. The molecule has 0 aliphatic carbocycles. The maximum absolute atomic E-state index is 15.1. The van der Waals surface area contributed by atoms with Crippen molar-refractivity contribution in [2.45, 2.75) is 13.0 Å². The number of rotatable bonds is 3. The summed E-state index contributed by atoms with van der Waals surface area (Å²) in [5, 5.41) is 8.37. The van der Waals surface area contributed by atoms with Crippen molar-refractivity contribution in [3.8, 4) is 11.1 Å². The van der Waals surface area contributed by atoms with Crippen molar-refractivity contribution in [3.63, 3.8) is 0 Å². The maximum atomic E-state index is 15.1. The van der Waals surface area contributed by atoms with Crippen LogP contribution in [0.4, 0.5) is 20.2 Å². The van der Waals surface area contributed by atoms with Crippen LogP contribution in [0.1, 0.15) is 12.0 Å². The molecule has 1 amide bonds. The van der Waals surface area contributed by atoms with E-state index in [-0.39, 0.29) is 24.4 Å². The number of anilines is 2. The Labute approximate surface area is 177 Å². The van der Waals surface area contributed by atoms with Crippen LogP contribution >= 0.6 is 0 Å². The molecule has 156 valence electrons. The number of aryl methyl sites for hydroxylation is 1. The molecule has 1 N–H and O–H groups in total. The van der Waals surface area contributed by atoms with Gasteiger partial charge in [-0.2, -0.15) is 5.10 Å². The van der Waals surface area contributed by atoms with Gasteiger partial charge < -0.3 is 10.2 Å². The van der Waals surface area contributed by atoms with E-state index in [1.807, 2.05) is 36.5 Å². The van der Waals surface area contributed by atoms with E-state index in [1.165, 1.54) is 17.0 Å². The molecule has 0 fully saturated rings. The number of aromatic nitrogens is 2. The van der Waals surface area contributed by atoms with Gasteiger partial charge >= 0.3 is 0 Å². The number of halogens is 2. The van der Waals surface area contributed by atoms with Crippen molar-refractivity contribution in [1.82, 2.24) is 9.78 Å². The Morgan fingerprint density at radius 3 is 2.65 bits per heavy atom. The highest BCUT2D eigenvalue weighted by molar-refractivity contribution is 5.98. The van der Waals surface area contributed by atoms with Crippen LogP contribution in [0.3, 0.4) is 0 Å². The monoisotopic (exact) mass is 418 g/mol. The molecule has 0 saturated carbocycles. The lowest BCUT2D eigenvalue weighted by molar-refractivity contribution is -0.118. The standard InChI is InChI=1S/C24H20F2N4O/c1-29-13-17-16(5-4-7-21(17)28-29)15-11-19(25)18(20(26)12-15)14-30-23-8-3-2-6-22(23)27-10-9-24(30)31/h2-8,11-13,27H,9-10,14H2,1H3. The molecule has 7 heteroatoms. The number of para-hydroxylation sites is 2. The van der Waals surface area contributed by atoms with Crippen molar-refractivity contribution in [2.24, 2.45) is 7.05 Å². The molecule has 0 radical (unpaired) electrons. The fourth-order valence-electron chi connectivity index (χ4n) is 4.09. The molecule has 0 bridgehead atoms. The number of hydrogen-bond donors (Lipinski definition) is 1. The van der Waals surface area contributed by atoms with Crippen LogP contribution in [-0.4, -0.2) is 22.2 Å². The average molecular weight is 418 g/mol. The molecule has 3 aromatic carbocycles. The Morgan fingerprint density at radius 2 is 1.84 bits per heavy atom. The lowest BCUT2D eigenvalue weighted by atomic mass is 9.99. The minimum Gasteiger partial charge on any atom is -0.383 e. The van der Waals surface area contributed by atoms with Crippen LogP contribution < -0.4 is 10.2 Å². The van der Waals surface area contributed by atoms with E-state index in [1.54, 1.807) is 23.9 Å². The summed E-state index contributed by atoms with van der Waals surface area (Å²) in [7, 11) is 1.80. The maximum Gasteiger partial charge on any atom is 0.229 e. The van der Waals surface area contributed by atoms with Crippen LogP contribution in [0.5, 0.6) is 0 Å². The zero-order valence-corrected chi connectivity index (χ0v) is 16.9. The van der Waals surface area contributed by atoms with Crippen LogP contribution in [0.25, 0.3) is 22.0 Å². The van der Waals surface area contributed by atoms with E-state index in [0.29, 0.717) is 23.4 Å². The second kappa shape index (κ2) is 7.50. The van der Waals surface area contributed by atoms with Crippen molar-refractivity contribution in [3.05, 3.63) is 78.0 Å². The SMILES string of the molecule is Cn1cc2c(-c3cc(F)c(CN4C(=O)CCNc5ccccc54)c(F)c3)cccc2n1. The second-order valence-electron chi connectivity index (χ2n) is 7.63. The van der Waals surface area contributed by atoms with E-state index in [2.05, 4.69) is 10.4 Å². The minimum absolute atomic E-state index is 0.132. The lowest BCUT2D eigenvalue weighted by Gasteiger charge is -2.23. The summed E-state index contributed by atoms with van der Waals surface area (Å²) < 4.78 is 32.0. The van der Waals surface area contributed by atoms with Gasteiger partial charge in [-0.25, -0.2) is 8.78 Å². The number of amides is 1. The van der Waals surface area contributed by atoms with Gasteiger partial charge in [0.1, 0.15) is 11.6 Å². The summed E-state index contributed by atoms with van der Waals surface area (Å²) in [6.45, 7) is 0.304. The van der Waals surface area contributed by atoms with Gasteiger partial charge in [0.2, 0.25) is 5.91 Å². The van der Waals surface area contributed by atoms with Crippen molar-refractivity contribution < 1.29 is 13.6 Å². The highest BCUT2D eigenvalue weighted by Gasteiger charge is 2.25. The zero-order chi connectivity index (χ0) is 21.5. The molecule has 31 heavy (non-hydrogen) atoms. The minimum atomic E-state index is -0.682. The molecule has 0 spiro atoms. The fourth-order valence-corrected chi connectivity index (χ4v) is 4.09. The highest BCUT2D eigenvalue weighted by atomic mass is 19.1. The predicted octanol–water partition coefficient (Wildman–Crippen LogP) is 4.87. The Balaban J connectivity index is 1.55. The second-order valence-corrected chi connectivity index (χ2v) is 7.63. The van der Waals surface area contributed by atoms with Crippen molar-refractivity contribution in [1.29, 1.82) is 0 Å². The third-order valence-electron chi connectivity index (χ3n) is 5.58. The molecule has 0 unspecified atom stereocenters. The van der Waals surface area contributed by atoms with Gasteiger partial charge in [-0.3, -0.25) is 9.48 Å². The topological polar surface area (TPSA) is 50.2 Å². The smallest absolute Gasteiger partial charge is 0.229 e. The largest absolute Gasteiger partial charge is 0.383 e. The van der Waals surface area contributed by atoms with E-state index in [0.717, 1.165) is 16.6 Å². The molecule has 0 atom stereocenters. The normalized spacial score (nSPS) is 13.8. The molecule has 1 aliphatic rings. The number of fused-ring (bicyclic) bond motifs is 2. The van der Waals surface area contributed by atoms with Gasteiger partial charge in [0.05, 0.1) is 23.4 Å². The number of nitrogens with zero attached hydrogens (tertiary/aromatic N) is 3. The Kier molecular flexibility index (Phi) is 4.66. The number of carbonyl (C=O) groups excluding carboxylic acids is 1. The third-order valence-corrected chi connectivity index (χ3v) is 5.58. The molecule has 5 nitrogen and oxygen atoms in total. The highest BCUT2D eigenvalue weighted by Crippen LogP contribution is 2.33. The van der Waals surface area contributed by atoms with E-state index >= 15 is 8.78 Å². The number of carbonyl (C=O) groups is 1. The zero-order valence-electron chi connectivity index (χ0n) is 16.9. The van der Waals surface area contributed by atoms with Crippen LogP contribution in [-0.2, 0) is 18.4 Å². The molecule has 1 aliphatic heterocycles. The van der Waals surface area contributed by atoms with Crippen molar-refractivity contribution in [2.75, 3.05) is 16.8 Å². The summed E-state index contributed by atoms with van der Waals surface area (Å²) >= 11 is 0. The van der Waals surface area contributed by atoms with Gasteiger partial charge in [-0.05, 0) is 41.5 Å². The first-order valence-electron chi connectivity index (χ1n) is 10.0. The molecule has 2 heterocycles. The van der Waals surface area contributed by atoms with Gasteiger partial charge in [-0.1, -0.05) is 24.3 Å². The third kappa shape index (κ3) is 3.42. The summed E-state index contributed by atoms with van der Waals surface area (Å²) in [6, 6.07) is 15.4. The lowest BCUT2D eigenvalue weighted by Crippen LogP contribution is -2.30. The molecular weight excluding hydrogens is 398 g/mol. The number of hydrogen-bond acceptors (Lipinski definition) is 3. The van der Waals surface area contributed by atoms with Gasteiger partial charge in [0, 0.05) is 37.2 Å². The first-order valence-corrected chi connectivity index (χ1v) is 10.0. The van der Waals surface area contributed by atoms with Crippen LogP contribution in [0.2, 0.25) is 0 Å². The van der Waals surface area contributed by atoms with E-state index in [4.69, 9.17) is 0 Å². The average Bonchev–Trinajstić information content (AvgIpc) is 3.06. The van der Waals surface area contributed by atoms with Gasteiger partial charge in [0.25, 0.3) is 0 Å². The Bertz CT molecular complexity index is 1290. The summed E-state index contributed by atoms with van der Waals surface area (Å²) in [4.78, 5) is 14.1. The van der Waals surface area contributed by atoms with Crippen molar-refractivity contribution >= 4 is 28.2 Å². The summed E-state index contributed by atoms with van der Waals surface area (Å²) in [5.74, 6) is -1.54. The van der Waals surface area contributed by atoms with E-state index < -0.39 is 11.6 Å². The Morgan fingerprint density at radius 1 is 1.06 bits per heavy atom. The molecule has 0 saturated heterocycles. The molecule has 5 rings (SSSR count). The quantitative estimate of drug-likeness (QED) is 0.517. The predicted molar refractivity (Wildman–Crippen MR) is 117 cm³/mol. The summed E-state index contributed by atoms with van der Waals surface area (Å²) in [6.07, 6.45) is 2.08. The Hall–Kier alpha value is -3.74. The fraction of sp³-hybridized carbons (Fsp3) is 0.167. The van der Waals surface area contributed by atoms with Gasteiger partial charge in [0.15, 0.2) is 0 Å². The number of benzene rings is 3. The first-order chi connectivity index (χ1) is 15.0.